The van der Waals surface area contributed by atoms with E-state index in [9.17, 15) is 0 Å². The molecule has 2 heterocycles. The van der Waals surface area contributed by atoms with E-state index in [1.54, 1.807) is 14.2 Å². The Morgan fingerprint density at radius 2 is 1.92 bits per heavy atom. The molecule has 2 aromatic rings. The fourth-order valence-electron chi connectivity index (χ4n) is 3.38. The van der Waals surface area contributed by atoms with Crippen LogP contribution in [0, 0.1) is 0 Å². The fourth-order valence-corrected chi connectivity index (χ4v) is 3.38. The monoisotopic (exact) mass is 344 g/mol. The summed E-state index contributed by atoms with van der Waals surface area (Å²) in [5, 5.41) is 4.77. The highest BCUT2D eigenvalue weighted by molar-refractivity contribution is 5.37. The van der Waals surface area contributed by atoms with Crippen molar-refractivity contribution in [2.45, 2.75) is 38.1 Å². The van der Waals surface area contributed by atoms with Gasteiger partial charge >= 0.3 is 0 Å². The molecule has 1 aliphatic rings. The van der Waals surface area contributed by atoms with Gasteiger partial charge in [-0.25, -0.2) is 9.67 Å². The first-order valence-corrected chi connectivity index (χ1v) is 9.02. The minimum Gasteiger partial charge on any atom is -0.497 e. The van der Waals surface area contributed by atoms with Crippen LogP contribution in [0.4, 0.5) is 0 Å². The quantitative estimate of drug-likeness (QED) is 0.806. The van der Waals surface area contributed by atoms with E-state index in [1.165, 1.54) is 19.3 Å². The third-order valence-electron chi connectivity index (χ3n) is 4.84. The lowest BCUT2D eigenvalue weighted by atomic mass is 10.1. The molecule has 6 heteroatoms. The van der Waals surface area contributed by atoms with E-state index in [0.29, 0.717) is 12.6 Å². The molecule has 0 bridgehead atoms. The molecule has 1 aliphatic heterocycles. The number of likely N-dealkylation sites (tertiary alicyclic amines) is 1. The molecule has 1 saturated heterocycles. The second-order valence-electron chi connectivity index (χ2n) is 6.58. The van der Waals surface area contributed by atoms with Crippen LogP contribution in [-0.4, -0.2) is 54.1 Å². The number of hydrogen-bond acceptors (Lipinski definition) is 5. The molecule has 0 N–H and O–H groups in total. The summed E-state index contributed by atoms with van der Waals surface area (Å²) in [6, 6.07) is 8.30. The van der Waals surface area contributed by atoms with E-state index >= 15 is 0 Å². The lowest BCUT2D eigenvalue weighted by Crippen LogP contribution is -2.26. The lowest BCUT2D eigenvalue weighted by molar-refractivity contribution is 0.200. The summed E-state index contributed by atoms with van der Waals surface area (Å²) in [6.07, 6.45) is 5.62. The molecule has 136 valence electrons. The molecular formula is C19H28N4O2. The maximum atomic E-state index is 5.27. The van der Waals surface area contributed by atoms with E-state index in [1.807, 2.05) is 28.9 Å². The van der Waals surface area contributed by atoms with Crippen molar-refractivity contribution in [2.75, 3.05) is 34.4 Å². The van der Waals surface area contributed by atoms with E-state index in [4.69, 9.17) is 19.6 Å². The van der Waals surface area contributed by atoms with Crippen molar-refractivity contribution in [1.29, 1.82) is 0 Å². The van der Waals surface area contributed by atoms with Crippen molar-refractivity contribution in [2.24, 2.45) is 0 Å². The van der Waals surface area contributed by atoms with E-state index in [0.717, 1.165) is 42.5 Å². The van der Waals surface area contributed by atoms with Crippen molar-refractivity contribution in [1.82, 2.24) is 19.7 Å². The number of ether oxygens (including phenoxy) is 2. The number of rotatable bonds is 6. The highest BCUT2D eigenvalue weighted by Crippen LogP contribution is 2.29. The third-order valence-corrected chi connectivity index (χ3v) is 4.84. The molecule has 1 atom stereocenters. The predicted octanol–water partition coefficient (Wildman–Crippen LogP) is 3.01. The third kappa shape index (κ3) is 4.19. The lowest BCUT2D eigenvalue weighted by Gasteiger charge is -2.25. The summed E-state index contributed by atoms with van der Waals surface area (Å²) < 4.78 is 12.5. The Bertz CT molecular complexity index is 669. The van der Waals surface area contributed by atoms with E-state index in [-0.39, 0.29) is 0 Å². The van der Waals surface area contributed by atoms with Gasteiger partial charge in [0.05, 0.1) is 25.4 Å². The SMILES string of the molecule is COCCc1nc([C@@H]2CCCCCN2C)n(-c2ccc(OC)cc2)n1. The number of methoxy groups -OCH3 is 2. The molecule has 25 heavy (non-hydrogen) atoms. The van der Waals surface area contributed by atoms with Gasteiger partial charge in [0.1, 0.15) is 11.6 Å². The second kappa shape index (κ2) is 8.45. The van der Waals surface area contributed by atoms with Crippen LogP contribution in [0.5, 0.6) is 5.75 Å². The standard InChI is InChI=1S/C19H28N4O2/c1-22-13-6-4-5-7-17(22)19-20-18(12-14-24-2)21-23(19)15-8-10-16(25-3)11-9-15/h8-11,17H,4-7,12-14H2,1-3H3/t17-/m0/s1. The van der Waals surface area contributed by atoms with Crippen molar-refractivity contribution >= 4 is 0 Å². The first kappa shape index (κ1) is 17.9. The molecule has 1 fully saturated rings. The second-order valence-corrected chi connectivity index (χ2v) is 6.58. The highest BCUT2D eigenvalue weighted by atomic mass is 16.5. The number of benzene rings is 1. The largest absolute Gasteiger partial charge is 0.497 e. The molecule has 0 amide bonds. The topological polar surface area (TPSA) is 52.4 Å². The van der Waals surface area contributed by atoms with Crippen molar-refractivity contribution < 1.29 is 9.47 Å². The Morgan fingerprint density at radius 3 is 2.64 bits per heavy atom. The Morgan fingerprint density at radius 1 is 1.12 bits per heavy atom. The maximum Gasteiger partial charge on any atom is 0.153 e. The van der Waals surface area contributed by atoms with Crippen LogP contribution in [-0.2, 0) is 11.2 Å². The van der Waals surface area contributed by atoms with Gasteiger partial charge in [-0.2, -0.15) is 5.10 Å². The van der Waals surface area contributed by atoms with Crippen LogP contribution in [0.2, 0.25) is 0 Å². The minimum atomic E-state index is 0.299. The Balaban J connectivity index is 1.97. The summed E-state index contributed by atoms with van der Waals surface area (Å²) in [7, 11) is 5.58. The summed E-state index contributed by atoms with van der Waals surface area (Å²) in [5.41, 5.74) is 1.02. The molecule has 0 radical (unpaired) electrons. The van der Waals surface area contributed by atoms with Crippen LogP contribution >= 0.6 is 0 Å². The average molecular weight is 344 g/mol. The zero-order valence-electron chi connectivity index (χ0n) is 15.4. The van der Waals surface area contributed by atoms with Gasteiger partial charge in [-0.3, -0.25) is 4.90 Å². The normalized spacial score (nSPS) is 18.9. The smallest absolute Gasteiger partial charge is 0.153 e. The zero-order chi connectivity index (χ0) is 17.6. The predicted molar refractivity (Wildman–Crippen MR) is 97.3 cm³/mol. The summed E-state index contributed by atoms with van der Waals surface area (Å²) in [4.78, 5) is 7.30. The van der Waals surface area contributed by atoms with Crippen LogP contribution in [0.1, 0.15) is 43.4 Å². The van der Waals surface area contributed by atoms with Crippen molar-refractivity contribution in [3.63, 3.8) is 0 Å². The number of hydrogen-bond donors (Lipinski definition) is 0. The van der Waals surface area contributed by atoms with Gasteiger partial charge in [0.15, 0.2) is 5.82 Å². The van der Waals surface area contributed by atoms with Crippen LogP contribution in [0.15, 0.2) is 24.3 Å². The van der Waals surface area contributed by atoms with Gasteiger partial charge in [-0.1, -0.05) is 12.8 Å². The van der Waals surface area contributed by atoms with Gasteiger partial charge < -0.3 is 9.47 Å². The fraction of sp³-hybridized carbons (Fsp3) is 0.579. The molecule has 1 aromatic carbocycles. The van der Waals surface area contributed by atoms with Crippen molar-refractivity contribution in [3.05, 3.63) is 35.9 Å². The van der Waals surface area contributed by atoms with Gasteiger partial charge in [0, 0.05) is 13.5 Å². The molecule has 6 nitrogen and oxygen atoms in total. The van der Waals surface area contributed by atoms with Gasteiger partial charge in [0.2, 0.25) is 0 Å². The summed E-state index contributed by atoms with van der Waals surface area (Å²) in [5.74, 6) is 2.71. The Kier molecular flexibility index (Phi) is 6.04. The first-order valence-electron chi connectivity index (χ1n) is 9.02. The maximum absolute atomic E-state index is 5.27. The van der Waals surface area contributed by atoms with Crippen LogP contribution in [0.3, 0.4) is 0 Å². The van der Waals surface area contributed by atoms with Gasteiger partial charge in [-0.15, -0.1) is 0 Å². The van der Waals surface area contributed by atoms with Gasteiger partial charge in [0.25, 0.3) is 0 Å². The zero-order valence-corrected chi connectivity index (χ0v) is 15.4. The minimum absolute atomic E-state index is 0.299. The number of nitrogens with zero attached hydrogens (tertiary/aromatic N) is 4. The molecule has 0 saturated carbocycles. The molecule has 1 aromatic heterocycles. The summed E-state index contributed by atoms with van der Waals surface area (Å²) in [6.45, 7) is 1.74. The van der Waals surface area contributed by atoms with Gasteiger partial charge in [-0.05, 0) is 50.7 Å². The van der Waals surface area contributed by atoms with Crippen LogP contribution < -0.4 is 4.74 Å². The average Bonchev–Trinajstić information content (AvgIpc) is 2.94. The molecule has 0 unspecified atom stereocenters. The summed E-state index contributed by atoms with van der Waals surface area (Å²) >= 11 is 0. The molecule has 0 spiro atoms. The number of aromatic nitrogens is 3. The van der Waals surface area contributed by atoms with E-state index in [2.05, 4.69) is 11.9 Å². The molecular weight excluding hydrogens is 316 g/mol. The van der Waals surface area contributed by atoms with Crippen molar-refractivity contribution in [3.8, 4) is 11.4 Å². The Hall–Kier alpha value is -1.92. The van der Waals surface area contributed by atoms with E-state index < -0.39 is 0 Å². The molecule has 0 aliphatic carbocycles. The van der Waals surface area contributed by atoms with Crippen LogP contribution in [0.25, 0.3) is 5.69 Å². The first-order chi connectivity index (χ1) is 12.2. The highest BCUT2D eigenvalue weighted by Gasteiger charge is 2.26. The Labute approximate surface area is 149 Å². The molecule has 3 rings (SSSR count).